The summed E-state index contributed by atoms with van der Waals surface area (Å²) in [6.45, 7) is 2.65. The number of fused-ring (bicyclic) bond motifs is 1. The van der Waals surface area contributed by atoms with Crippen molar-refractivity contribution in [1.82, 2.24) is 14.6 Å². The van der Waals surface area contributed by atoms with E-state index in [1.807, 2.05) is 55.0 Å². The molecule has 0 fully saturated rings. The van der Waals surface area contributed by atoms with Crippen LogP contribution in [0.3, 0.4) is 0 Å². The van der Waals surface area contributed by atoms with E-state index in [0.29, 0.717) is 12.1 Å². The Kier molecular flexibility index (Phi) is 3.28. The van der Waals surface area contributed by atoms with E-state index < -0.39 is 0 Å². The van der Waals surface area contributed by atoms with Gasteiger partial charge in [0.2, 0.25) is 0 Å². The highest BCUT2D eigenvalue weighted by Gasteiger charge is 2.10. The number of benzene rings is 1. The van der Waals surface area contributed by atoms with Gasteiger partial charge in [-0.15, -0.1) is 0 Å². The number of rotatable bonds is 3. The maximum absolute atomic E-state index is 8.97. The fourth-order valence-corrected chi connectivity index (χ4v) is 2.41. The topological polar surface area (TPSA) is 57.2 Å². The molecule has 0 aliphatic carbocycles. The predicted molar refractivity (Wildman–Crippen MR) is 81.0 cm³/mol. The summed E-state index contributed by atoms with van der Waals surface area (Å²) >= 11 is 0. The number of aromatic nitrogens is 3. The van der Waals surface area contributed by atoms with Crippen molar-refractivity contribution in [2.75, 3.05) is 11.9 Å². The lowest BCUT2D eigenvalue weighted by Gasteiger charge is -2.19. The van der Waals surface area contributed by atoms with Gasteiger partial charge < -0.3 is 4.90 Å². The van der Waals surface area contributed by atoms with Gasteiger partial charge in [-0.25, -0.2) is 9.50 Å². The van der Waals surface area contributed by atoms with E-state index in [1.54, 1.807) is 6.20 Å². The fraction of sp³-hybridized carbons (Fsp3) is 0.188. The van der Waals surface area contributed by atoms with Crippen LogP contribution in [-0.4, -0.2) is 21.6 Å². The van der Waals surface area contributed by atoms with E-state index >= 15 is 0 Å². The molecule has 104 valence electrons. The zero-order valence-electron chi connectivity index (χ0n) is 12.0. The Morgan fingerprint density at radius 1 is 1.33 bits per heavy atom. The van der Waals surface area contributed by atoms with Gasteiger partial charge in [-0.3, -0.25) is 0 Å². The van der Waals surface area contributed by atoms with Crippen LogP contribution in [0, 0.1) is 18.3 Å². The molecular formula is C16H15N5. The Morgan fingerprint density at radius 2 is 2.19 bits per heavy atom. The average molecular weight is 277 g/mol. The summed E-state index contributed by atoms with van der Waals surface area (Å²) < 4.78 is 1.83. The van der Waals surface area contributed by atoms with Crippen molar-refractivity contribution < 1.29 is 0 Å². The van der Waals surface area contributed by atoms with Gasteiger partial charge in [0.05, 0.1) is 17.3 Å². The van der Waals surface area contributed by atoms with Gasteiger partial charge in [-0.05, 0) is 30.7 Å². The summed E-state index contributed by atoms with van der Waals surface area (Å²) in [4.78, 5) is 6.52. The molecule has 2 aromatic heterocycles. The monoisotopic (exact) mass is 277 g/mol. The SMILES string of the molecule is Cc1cc2c(N(C)Cc3cccc(C#N)c3)nccn2n1. The smallest absolute Gasteiger partial charge is 0.154 e. The first-order chi connectivity index (χ1) is 10.2. The average Bonchev–Trinajstić information content (AvgIpc) is 2.87. The third kappa shape index (κ3) is 2.56. The molecule has 0 atom stereocenters. The molecule has 0 aliphatic rings. The highest BCUT2D eigenvalue weighted by atomic mass is 15.3. The molecule has 0 bridgehead atoms. The molecule has 0 aliphatic heterocycles. The summed E-state index contributed by atoms with van der Waals surface area (Å²) in [5, 5.41) is 13.4. The molecule has 0 radical (unpaired) electrons. The molecule has 0 amide bonds. The van der Waals surface area contributed by atoms with Crippen molar-refractivity contribution in [2.24, 2.45) is 0 Å². The predicted octanol–water partition coefficient (Wildman–Crippen LogP) is 2.55. The highest BCUT2D eigenvalue weighted by Crippen LogP contribution is 2.20. The molecule has 5 heteroatoms. The zero-order valence-corrected chi connectivity index (χ0v) is 12.0. The van der Waals surface area contributed by atoms with Gasteiger partial charge in [-0.2, -0.15) is 10.4 Å². The van der Waals surface area contributed by atoms with Crippen molar-refractivity contribution in [3.8, 4) is 6.07 Å². The van der Waals surface area contributed by atoms with Crippen molar-refractivity contribution in [3.05, 3.63) is 59.5 Å². The summed E-state index contributed by atoms with van der Waals surface area (Å²) in [6, 6.07) is 11.8. The summed E-state index contributed by atoms with van der Waals surface area (Å²) in [6.07, 6.45) is 3.59. The largest absolute Gasteiger partial charge is 0.354 e. The van der Waals surface area contributed by atoms with Crippen molar-refractivity contribution in [2.45, 2.75) is 13.5 Å². The van der Waals surface area contributed by atoms with Crippen LogP contribution in [0.5, 0.6) is 0 Å². The van der Waals surface area contributed by atoms with Gasteiger partial charge >= 0.3 is 0 Å². The fourth-order valence-electron chi connectivity index (χ4n) is 2.41. The van der Waals surface area contributed by atoms with Crippen molar-refractivity contribution >= 4 is 11.3 Å². The first kappa shape index (κ1) is 13.1. The standard InChI is InChI=1S/C16H15N5/c1-12-8-15-16(18-6-7-21(15)19-12)20(2)11-14-5-3-4-13(9-14)10-17/h3-9H,11H2,1-2H3. The lowest BCUT2D eigenvalue weighted by Crippen LogP contribution is -2.18. The quantitative estimate of drug-likeness (QED) is 0.738. The molecule has 0 saturated carbocycles. The van der Waals surface area contributed by atoms with Crippen molar-refractivity contribution in [1.29, 1.82) is 5.26 Å². The van der Waals surface area contributed by atoms with E-state index in [-0.39, 0.29) is 0 Å². The molecule has 5 nitrogen and oxygen atoms in total. The Bertz CT molecular complexity index is 828. The number of hydrogen-bond acceptors (Lipinski definition) is 4. The number of nitriles is 1. The van der Waals surface area contributed by atoms with Crippen LogP contribution in [0.25, 0.3) is 5.52 Å². The van der Waals surface area contributed by atoms with E-state index in [9.17, 15) is 0 Å². The van der Waals surface area contributed by atoms with Crippen LogP contribution in [0.1, 0.15) is 16.8 Å². The van der Waals surface area contributed by atoms with E-state index in [0.717, 1.165) is 22.6 Å². The maximum atomic E-state index is 8.97. The minimum absolute atomic E-state index is 0.673. The molecule has 0 N–H and O–H groups in total. The summed E-state index contributed by atoms with van der Waals surface area (Å²) in [7, 11) is 1.99. The van der Waals surface area contributed by atoms with Crippen LogP contribution >= 0.6 is 0 Å². The first-order valence-electron chi connectivity index (χ1n) is 6.68. The van der Waals surface area contributed by atoms with Crippen LogP contribution in [0.15, 0.2) is 42.7 Å². The lowest BCUT2D eigenvalue weighted by molar-refractivity contribution is 0.871. The summed E-state index contributed by atoms with van der Waals surface area (Å²) in [5.41, 5.74) is 3.70. The van der Waals surface area contributed by atoms with Crippen LogP contribution < -0.4 is 4.90 Å². The molecule has 3 rings (SSSR count). The third-order valence-electron chi connectivity index (χ3n) is 3.33. The van der Waals surface area contributed by atoms with E-state index in [4.69, 9.17) is 5.26 Å². The van der Waals surface area contributed by atoms with Gasteiger partial charge in [0.1, 0.15) is 5.52 Å². The van der Waals surface area contributed by atoms with E-state index in [2.05, 4.69) is 21.1 Å². The van der Waals surface area contributed by atoms with Crippen LogP contribution in [0.2, 0.25) is 0 Å². The van der Waals surface area contributed by atoms with Crippen molar-refractivity contribution in [3.63, 3.8) is 0 Å². The Labute approximate surface area is 123 Å². The van der Waals surface area contributed by atoms with Gasteiger partial charge in [0.15, 0.2) is 5.82 Å². The number of hydrogen-bond donors (Lipinski definition) is 0. The molecular weight excluding hydrogens is 262 g/mol. The van der Waals surface area contributed by atoms with E-state index in [1.165, 1.54) is 0 Å². The highest BCUT2D eigenvalue weighted by molar-refractivity contribution is 5.68. The molecule has 21 heavy (non-hydrogen) atoms. The van der Waals surface area contributed by atoms with Gasteiger partial charge in [0, 0.05) is 26.0 Å². The molecule has 1 aromatic carbocycles. The minimum atomic E-state index is 0.673. The van der Waals surface area contributed by atoms with Gasteiger partial charge in [-0.1, -0.05) is 12.1 Å². The Balaban J connectivity index is 1.93. The zero-order chi connectivity index (χ0) is 14.8. The third-order valence-corrected chi connectivity index (χ3v) is 3.33. The second-order valence-electron chi connectivity index (χ2n) is 5.03. The number of anilines is 1. The molecule has 0 unspecified atom stereocenters. The molecule has 0 spiro atoms. The van der Waals surface area contributed by atoms with Crippen LogP contribution in [-0.2, 0) is 6.54 Å². The molecule has 2 heterocycles. The maximum Gasteiger partial charge on any atom is 0.154 e. The van der Waals surface area contributed by atoms with Crippen LogP contribution in [0.4, 0.5) is 5.82 Å². The molecule has 0 saturated heterocycles. The second-order valence-corrected chi connectivity index (χ2v) is 5.03. The number of nitrogens with zero attached hydrogens (tertiary/aromatic N) is 5. The Morgan fingerprint density at radius 3 is 3.00 bits per heavy atom. The minimum Gasteiger partial charge on any atom is -0.354 e. The summed E-state index contributed by atoms with van der Waals surface area (Å²) in [5.74, 6) is 0.875. The number of aryl methyl sites for hydroxylation is 1. The molecule has 3 aromatic rings. The first-order valence-corrected chi connectivity index (χ1v) is 6.68. The lowest BCUT2D eigenvalue weighted by atomic mass is 10.1. The Hall–Kier alpha value is -2.87. The van der Waals surface area contributed by atoms with Gasteiger partial charge in [0.25, 0.3) is 0 Å². The second kappa shape index (κ2) is 5.25. The normalized spacial score (nSPS) is 10.5.